The van der Waals surface area contributed by atoms with Gasteiger partial charge in [-0.05, 0) is 30.0 Å². The van der Waals surface area contributed by atoms with Gasteiger partial charge in [-0.25, -0.2) is 4.79 Å². The van der Waals surface area contributed by atoms with Crippen molar-refractivity contribution in [2.24, 2.45) is 0 Å². The van der Waals surface area contributed by atoms with Crippen LogP contribution in [0, 0.1) is 0 Å². The lowest BCUT2D eigenvalue weighted by Gasteiger charge is -2.19. The summed E-state index contributed by atoms with van der Waals surface area (Å²) in [4.78, 5) is 22.7. The first kappa shape index (κ1) is 20.0. The van der Waals surface area contributed by atoms with E-state index in [9.17, 15) is 9.59 Å². The SMILES string of the molecule is CCOCC(=O)OCC(=O)NCCOc1ccc(C(C)(C)C)cc1. The third kappa shape index (κ3) is 7.97. The van der Waals surface area contributed by atoms with Gasteiger partial charge in [0, 0.05) is 6.61 Å². The molecule has 0 aliphatic rings. The molecule has 0 heterocycles. The Hall–Kier alpha value is -2.08. The van der Waals surface area contributed by atoms with Crippen LogP contribution in [0.3, 0.4) is 0 Å². The molecular weight excluding hydrogens is 310 g/mol. The molecule has 0 atom stereocenters. The van der Waals surface area contributed by atoms with Crippen LogP contribution in [0.4, 0.5) is 0 Å². The molecule has 1 aromatic carbocycles. The summed E-state index contributed by atoms with van der Waals surface area (Å²) in [5.74, 6) is -0.172. The van der Waals surface area contributed by atoms with Gasteiger partial charge in [0.15, 0.2) is 6.61 Å². The van der Waals surface area contributed by atoms with Gasteiger partial charge in [0.25, 0.3) is 5.91 Å². The minimum Gasteiger partial charge on any atom is -0.492 e. The molecular formula is C18H27NO5. The van der Waals surface area contributed by atoms with Crippen molar-refractivity contribution in [3.63, 3.8) is 0 Å². The van der Waals surface area contributed by atoms with Crippen molar-refractivity contribution in [2.45, 2.75) is 33.1 Å². The molecule has 0 aliphatic heterocycles. The first-order chi connectivity index (χ1) is 11.3. The summed E-state index contributed by atoms with van der Waals surface area (Å²) in [5.41, 5.74) is 1.34. The lowest BCUT2D eigenvalue weighted by Crippen LogP contribution is -2.32. The molecule has 0 saturated carbocycles. The third-order valence-electron chi connectivity index (χ3n) is 3.20. The van der Waals surface area contributed by atoms with E-state index in [0.29, 0.717) is 19.8 Å². The van der Waals surface area contributed by atoms with E-state index in [2.05, 4.69) is 26.1 Å². The Morgan fingerprint density at radius 1 is 1.08 bits per heavy atom. The first-order valence-corrected chi connectivity index (χ1v) is 8.06. The van der Waals surface area contributed by atoms with Crippen LogP contribution in [0.5, 0.6) is 5.75 Å². The highest BCUT2D eigenvalue weighted by atomic mass is 16.6. The van der Waals surface area contributed by atoms with Crippen molar-refractivity contribution in [3.05, 3.63) is 29.8 Å². The van der Waals surface area contributed by atoms with Crippen molar-refractivity contribution in [1.82, 2.24) is 5.32 Å². The molecule has 0 bridgehead atoms. The molecule has 0 aliphatic carbocycles. The zero-order valence-electron chi connectivity index (χ0n) is 14.9. The largest absolute Gasteiger partial charge is 0.492 e. The lowest BCUT2D eigenvalue weighted by atomic mass is 9.87. The van der Waals surface area contributed by atoms with E-state index in [0.717, 1.165) is 5.75 Å². The summed E-state index contributed by atoms with van der Waals surface area (Å²) in [6.07, 6.45) is 0. The second-order valence-electron chi connectivity index (χ2n) is 6.27. The maximum absolute atomic E-state index is 11.5. The van der Waals surface area contributed by atoms with Crippen LogP contribution >= 0.6 is 0 Å². The molecule has 0 spiro atoms. The quantitative estimate of drug-likeness (QED) is 0.551. The average molecular weight is 337 g/mol. The van der Waals surface area contributed by atoms with Gasteiger partial charge in [-0.3, -0.25) is 4.79 Å². The number of ether oxygens (including phenoxy) is 3. The van der Waals surface area contributed by atoms with E-state index in [1.54, 1.807) is 6.92 Å². The molecule has 0 saturated heterocycles. The highest BCUT2D eigenvalue weighted by Gasteiger charge is 2.13. The van der Waals surface area contributed by atoms with E-state index in [4.69, 9.17) is 14.2 Å². The molecule has 1 N–H and O–H groups in total. The van der Waals surface area contributed by atoms with Crippen LogP contribution in [-0.2, 0) is 24.5 Å². The van der Waals surface area contributed by atoms with Crippen molar-refractivity contribution >= 4 is 11.9 Å². The Balaban J connectivity index is 2.19. The van der Waals surface area contributed by atoms with Crippen LogP contribution in [0.2, 0.25) is 0 Å². The maximum Gasteiger partial charge on any atom is 0.332 e. The summed E-state index contributed by atoms with van der Waals surface area (Å²) in [6.45, 7) is 8.88. The Labute approximate surface area is 143 Å². The van der Waals surface area contributed by atoms with Crippen LogP contribution in [-0.4, -0.2) is 44.8 Å². The summed E-state index contributed by atoms with van der Waals surface area (Å²) in [7, 11) is 0. The lowest BCUT2D eigenvalue weighted by molar-refractivity contribution is -0.152. The predicted molar refractivity (Wildman–Crippen MR) is 91.1 cm³/mol. The van der Waals surface area contributed by atoms with E-state index >= 15 is 0 Å². The number of hydrogen-bond donors (Lipinski definition) is 1. The molecule has 6 nitrogen and oxygen atoms in total. The van der Waals surface area contributed by atoms with Gasteiger partial charge < -0.3 is 19.5 Å². The zero-order valence-corrected chi connectivity index (χ0v) is 14.9. The molecule has 6 heteroatoms. The van der Waals surface area contributed by atoms with Crippen molar-refractivity contribution in [1.29, 1.82) is 0 Å². The van der Waals surface area contributed by atoms with Crippen LogP contribution in [0.1, 0.15) is 33.3 Å². The molecule has 24 heavy (non-hydrogen) atoms. The molecule has 0 fully saturated rings. The minimum atomic E-state index is -0.554. The Morgan fingerprint density at radius 3 is 2.33 bits per heavy atom. The number of amides is 1. The molecule has 1 rings (SSSR count). The van der Waals surface area contributed by atoms with E-state index in [1.165, 1.54) is 5.56 Å². The highest BCUT2D eigenvalue weighted by Crippen LogP contribution is 2.24. The normalized spacial score (nSPS) is 11.0. The number of carbonyl (C=O) groups is 2. The van der Waals surface area contributed by atoms with Crippen molar-refractivity contribution < 1.29 is 23.8 Å². The molecule has 1 amide bonds. The molecule has 0 radical (unpaired) electrons. The molecule has 134 valence electrons. The molecule has 1 aromatic rings. The Kier molecular flexibility index (Phi) is 8.26. The van der Waals surface area contributed by atoms with E-state index in [1.807, 2.05) is 24.3 Å². The highest BCUT2D eigenvalue weighted by molar-refractivity contribution is 5.80. The zero-order chi connectivity index (χ0) is 18.0. The van der Waals surface area contributed by atoms with E-state index in [-0.39, 0.29) is 24.5 Å². The second-order valence-corrected chi connectivity index (χ2v) is 6.27. The van der Waals surface area contributed by atoms with Crippen LogP contribution < -0.4 is 10.1 Å². The van der Waals surface area contributed by atoms with Gasteiger partial charge >= 0.3 is 5.97 Å². The summed E-state index contributed by atoms with van der Waals surface area (Å²) < 4.78 is 15.2. The summed E-state index contributed by atoms with van der Waals surface area (Å²) in [5, 5.41) is 2.62. The topological polar surface area (TPSA) is 73.9 Å². The molecule has 0 aromatic heterocycles. The van der Waals surface area contributed by atoms with Crippen LogP contribution in [0.15, 0.2) is 24.3 Å². The van der Waals surface area contributed by atoms with Gasteiger partial charge in [0.05, 0.1) is 6.54 Å². The number of benzene rings is 1. The van der Waals surface area contributed by atoms with Gasteiger partial charge in [0.1, 0.15) is 19.0 Å². The predicted octanol–water partition coefficient (Wildman–Crippen LogP) is 2.06. The van der Waals surface area contributed by atoms with E-state index < -0.39 is 5.97 Å². The van der Waals surface area contributed by atoms with Gasteiger partial charge in [-0.15, -0.1) is 0 Å². The van der Waals surface area contributed by atoms with Crippen molar-refractivity contribution in [3.8, 4) is 5.75 Å². The third-order valence-corrected chi connectivity index (χ3v) is 3.20. The van der Waals surface area contributed by atoms with Gasteiger partial charge in [-0.1, -0.05) is 32.9 Å². The van der Waals surface area contributed by atoms with Crippen molar-refractivity contribution in [2.75, 3.05) is 33.0 Å². The summed E-state index contributed by atoms with van der Waals surface area (Å²) >= 11 is 0. The fourth-order valence-corrected chi connectivity index (χ4v) is 1.83. The minimum absolute atomic E-state index is 0.103. The van der Waals surface area contributed by atoms with Gasteiger partial charge in [-0.2, -0.15) is 0 Å². The second kappa shape index (κ2) is 9.93. The number of hydrogen-bond acceptors (Lipinski definition) is 5. The van der Waals surface area contributed by atoms with Crippen LogP contribution in [0.25, 0.3) is 0 Å². The number of esters is 1. The molecule has 0 unspecified atom stereocenters. The summed E-state index contributed by atoms with van der Waals surface area (Å²) in [6, 6.07) is 7.90. The average Bonchev–Trinajstić information content (AvgIpc) is 2.54. The fourth-order valence-electron chi connectivity index (χ4n) is 1.83. The fraction of sp³-hybridized carbons (Fsp3) is 0.556. The monoisotopic (exact) mass is 337 g/mol. The smallest absolute Gasteiger partial charge is 0.332 e. The Bertz CT molecular complexity index is 519. The Morgan fingerprint density at radius 2 is 1.75 bits per heavy atom. The number of nitrogens with one attached hydrogen (secondary N) is 1. The maximum atomic E-state index is 11.5. The van der Waals surface area contributed by atoms with Gasteiger partial charge in [0.2, 0.25) is 0 Å². The standard InChI is InChI=1S/C18H27NO5/c1-5-22-13-17(21)24-12-16(20)19-10-11-23-15-8-6-14(7-9-15)18(2,3)4/h6-9H,5,10-13H2,1-4H3,(H,19,20). The first-order valence-electron chi connectivity index (χ1n) is 8.06. The number of carbonyl (C=O) groups excluding carboxylic acids is 2. The number of rotatable bonds is 9.